The molecule has 1 aromatic heterocycles. The lowest BCUT2D eigenvalue weighted by molar-refractivity contribution is 0.0525. The van der Waals surface area contributed by atoms with Crippen molar-refractivity contribution in [3.63, 3.8) is 0 Å². The largest absolute Gasteiger partial charge is 0.506 e. The molecule has 0 bridgehead atoms. The quantitative estimate of drug-likeness (QED) is 0.695. The Bertz CT molecular complexity index is 826. The predicted molar refractivity (Wildman–Crippen MR) is 89.2 cm³/mol. The van der Waals surface area contributed by atoms with Gasteiger partial charge in [0.05, 0.1) is 6.61 Å². The molecule has 0 fully saturated rings. The average molecular weight is 313 g/mol. The van der Waals surface area contributed by atoms with E-state index in [4.69, 9.17) is 4.74 Å². The number of nitrogens with one attached hydrogen (secondary N) is 1. The number of carbonyl (C=O) groups excluding carboxylic acids is 1. The topological polar surface area (TPSA) is 58.6 Å². The number of benzene rings is 2. The molecule has 0 saturated heterocycles. The van der Waals surface area contributed by atoms with Gasteiger partial charge < -0.3 is 15.2 Å². The first-order valence-electron chi connectivity index (χ1n) is 6.92. The fraction of sp³-hybridized carbons (Fsp3) is 0.118. The summed E-state index contributed by atoms with van der Waals surface area (Å²) in [5.41, 5.74) is 1.03. The molecule has 5 heteroatoms. The lowest BCUT2D eigenvalue weighted by atomic mass is 10.1. The van der Waals surface area contributed by atoms with Gasteiger partial charge in [0.15, 0.2) is 0 Å². The summed E-state index contributed by atoms with van der Waals surface area (Å²) in [6.07, 6.45) is 0. The molecule has 0 amide bonds. The third-order valence-electron chi connectivity index (χ3n) is 3.26. The summed E-state index contributed by atoms with van der Waals surface area (Å²) in [7, 11) is 0. The predicted octanol–water partition coefficient (Wildman–Crippen LogP) is 4.53. The second-order valence-corrected chi connectivity index (χ2v) is 5.61. The molecule has 1 heterocycles. The minimum Gasteiger partial charge on any atom is -0.506 e. The van der Waals surface area contributed by atoms with Gasteiger partial charge in [-0.3, -0.25) is 0 Å². The van der Waals surface area contributed by atoms with Crippen molar-refractivity contribution in [2.45, 2.75) is 6.92 Å². The average Bonchev–Trinajstić information content (AvgIpc) is 2.88. The highest BCUT2D eigenvalue weighted by Crippen LogP contribution is 2.36. The Morgan fingerprint density at radius 3 is 2.77 bits per heavy atom. The van der Waals surface area contributed by atoms with E-state index < -0.39 is 5.97 Å². The summed E-state index contributed by atoms with van der Waals surface area (Å²) in [4.78, 5) is 11.9. The van der Waals surface area contributed by atoms with E-state index in [0.29, 0.717) is 5.00 Å². The molecule has 0 saturated carbocycles. The molecule has 0 aliphatic heterocycles. The van der Waals surface area contributed by atoms with Crippen molar-refractivity contribution >= 4 is 38.8 Å². The van der Waals surface area contributed by atoms with Gasteiger partial charge in [-0.1, -0.05) is 30.3 Å². The summed E-state index contributed by atoms with van der Waals surface area (Å²) in [6.45, 7) is 2.00. The molecule has 3 aromatic rings. The summed E-state index contributed by atoms with van der Waals surface area (Å²) >= 11 is 1.27. The van der Waals surface area contributed by atoms with Crippen LogP contribution in [0.5, 0.6) is 5.75 Å². The van der Waals surface area contributed by atoms with Crippen molar-refractivity contribution in [2.75, 3.05) is 11.9 Å². The molecule has 2 N–H and O–H groups in total. The van der Waals surface area contributed by atoms with Crippen molar-refractivity contribution in [3.8, 4) is 5.75 Å². The number of hydrogen-bond donors (Lipinski definition) is 2. The maximum absolute atomic E-state index is 11.9. The molecule has 0 radical (unpaired) electrons. The smallest absolute Gasteiger partial charge is 0.344 e. The number of aromatic hydroxyl groups is 1. The van der Waals surface area contributed by atoms with E-state index in [9.17, 15) is 9.90 Å². The highest BCUT2D eigenvalue weighted by atomic mass is 32.1. The Morgan fingerprint density at radius 1 is 1.23 bits per heavy atom. The van der Waals surface area contributed by atoms with Gasteiger partial charge in [0.2, 0.25) is 0 Å². The van der Waals surface area contributed by atoms with Crippen LogP contribution in [-0.2, 0) is 4.74 Å². The van der Waals surface area contributed by atoms with Gasteiger partial charge in [-0.2, -0.15) is 0 Å². The van der Waals surface area contributed by atoms with Crippen molar-refractivity contribution in [2.24, 2.45) is 0 Å². The van der Waals surface area contributed by atoms with E-state index in [-0.39, 0.29) is 17.9 Å². The number of rotatable bonds is 4. The van der Waals surface area contributed by atoms with Gasteiger partial charge in [-0.15, -0.1) is 11.3 Å². The van der Waals surface area contributed by atoms with Crippen LogP contribution in [0.15, 0.2) is 47.8 Å². The Hall–Kier alpha value is -2.53. The first kappa shape index (κ1) is 14.4. The van der Waals surface area contributed by atoms with Crippen LogP contribution in [-0.4, -0.2) is 17.7 Å². The monoisotopic (exact) mass is 313 g/mol. The number of ether oxygens (including phenoxy) is 1. The van der Waals surface area contributed by atoms with Gasteiger partial charge in [0.1, 0.15) is 16.3 Å². The Kier molecular flexibility index (Phi) is 3.98. The highest BCUT2D eigenvalue weighted by Gasteiger charge is 2.20. The molecule has 112 valence electrons. The fourth-order valence-corrected chi connectivity index (χ4v) is 3.07. The minimum atomic E-state index is -0.524. The normalized spacial score (nSPS) is 10.6. The molecular weight excluding hydrogens is 298 g/mol. The molecular formula is C17H15NO3S. The van der Waals surface area contributed by atoms with Crippen LogP contribution < -0.4 is 5.32 Å². The van der Waals surface area contributed by atoms with Crippen molar-refractivity contribution in [1.82, 2.24) is 0 Å². The highest BCUT2D eigenvalue weighted by molar-refractivity contribution is 7.15. The van der Waals surface area contributed by atoms with Gasteiger partial charge in [0, 0.05) is 11.1 Å². The summed E-state index contributed by atoms with van der Waals surface area (Å²) in [5, 5.41) is 17.4. The third-order valence-corrected chi connectivity index (χ3v) is 4.14. The molecule has 0 atom stereocenters. The van der Waals surface area contributed by atoms with Crippen molar-refractivity contribution < 1.29 is 14.6 Å². The molecule has 0 unspecified atom stereocenters. The SMILES string of the molecule is CCOC(=O)c1c(O)csc1Nc1ccc2ccccc2c1. The van der Waals surface area contributed by atoms with E-state index in [0.717, 1.165) is 16.5 Å². The molecule has 0 aliphatic carbocycles. The number of anilines is 2. The first-order valence-corrected chi connectivity index (χ1v) is 7.80. The van der Waals surface area contributed by atoms with Gasteiger partial charge in [-0.25, -0.2) is 4.79 Å². The van der Waals surface area contributed by atoms with E-state index in [1.807, 2.05) is 42.5 Å². The molecule has 0 spiro atoms. The van der Waals surface area contributed by atoms with Gasteiger partial charge in [0.25, 0.3) is 0 Å². The van der Waals surface area contributed by atoms with Crippen LogP contribution in [0.1, 0.15) is 17.3 Å². The van der Waals surface area contributed by atoms with E-state index in [1.165, 1.54) is 16.7 Å². The van der Waals surface area contributed by atoms with Crippen LogP contribution in [0, 0.1) is 0 Å². The van der Waals surface area contributed by atoms with Crippen LogP contribution in [0.4, 0.5) is 10.7 Å². The Labute approximate surface area is 132 Å². The maximum atomic E-state index is 11.9. The van der Waals surface area contributed by atoms with E-state index >= 15 is 0 Å². The minimum absolute atomic E-state index is 0.0632. The molecule has 2 aromatic carbocycles. The van der Waals surface area contributed by atoms with Gasteiger partial charge in [-0.05, 0) is 29.8 Å². The van der Waals surface area contributed by atoms with Crippen LogP contribution in [0.3, 0.4) is 0 Å². The summed E-state index contributed by atoms with van der Waals surface area (Å²) in [5.74, 6) is -0.587. The molecule has 0 aliphatic rings. The van der Waals surface area contributed by atoms with Crippen LogP contribution >= 0.6 is 11.3 Å². The van der Waals surface area contributed by atoms with Crippen LogP contribution in [0.2, 0.25) is 0 Å². The standard InChI is InChI=1S/C17H15NO3S/c1-2-21-17(20)15-14(19)10-22-16(15)18-13-8-7-11-5-3-4-6-12(11)9-13/h3-10,18-19H,2H2,1H3. The lowest BCUT2D eigenvalue weighted by Gasteiger charge is -2.08. The summed E-state index contributed by atoms with van der Waals surface area (Å²) in [6, 6.07) is 14.0. The fourth-order valence-electron chi connectivity index (χ4n) is 2.24. The van der Waals surface area contributed by atoms with E-state index in [1.54, 1.807) is 6.92 Å². The van der Waals surface area contributed by atoms with E-state index in [2.05, 4.69) is 5.32 Å². The third kappa shape index (κ3) is 2.76. The lowest BCUT2D eigenvalue weighted by Crippen LogP contribution is -2.06. The van der Waals surface area contributed by atoms with Crippen molar-refractivity contribution in [3.05, 3.63) is 53.4 Å². The number of fused-ring (bicyclic) bond motifs is 1. The van der Waals surface area contributed by atoms with Crippen molar-refractivity contribution in [1.29, 1.82) is 0 Å². The second-order valence-electron chi connectivity index (χ2n) is 4.73. The number of thiophene rings is 1. The van der Waals surface area contributed by atoms with Crippen LogP contribution in [0.25, 0.3) is 10.8 Å². The summed E-state index contributed by atoms with van der Waals surface area (Å²) < 4.78 is 4.98. The number of carbonyl (C=O) groups is 1. The zero-order chi connectivity index (χ0) is 15.5. The molecule has 3 rings (SSSR count). The first-order chi connectivity index (χ1) is 10.7. The molecule has 4 nitrogen and oxygen atoms in total. The maximum Gasteiger partial charge on any atom is 0.344 e. The number of esters is 1. The Balaban J connectivity index is 1.93. The van der Waals surface area contributed by atoms with Gasteiger partial charge >= 0.3 is 5.97 Å². The Morgan fingerprint density at radius 2 is 2.00 bits per heavy atom. The second kappa shape index (κ2) is 6.07. The zero-order valence-corrected chi connectivity index (χ0v) is 12.8. The molecule has 22 heavy (non-hydrogen) atoms. The number of hydrogen-bond acceptors (Lipinski definition) is 5. The zero-order valence-electron chi connectivity index (χ0n) is 12.0.